The van der Waals surface area contributed by atoms with Gasteiger partial charge in [0.15, 0.2) is 5.78 Å². The van der Waals surface area contributed by atoms with Crippen molar-refractivity contribution >= 4 is 11.8 Å². The van der Waals surface area contributed by atoms with E-state index in [0.29, 0.717) is 6.61 Å². The normalized spacial score (nSPS) is 10.4. The molecule has 5 nitrogen and oxygen atoms in total. The van der Waals surface area contributed by atoms with E-state index in [1.165, 1.54) is 0 Å². The van der Waals surface area contributed by atoms with Crippen molar-refractivity contribution in [3.63, 3.8) is 0 Å². The van der Waals surface area contributed by atoms with Crippen LogP contribution in [0.25, 0.3) is 0 Å². The van der Waals surface area contributed by atoms with Crippen LogP contribution in [0.3, 0.4) is 0 Å². The molecule has 0 fully saturated rings. The summed E-state index contributed by atoms with van der Waals surface area (Å²) in [6.07, 6.45) is -0.456. The maximum atomic E-state index is 10.8. The van der Waals surface area contributed by atoms with Crippen molar-refractivity contribution < 1.29 is 19.4 Å². The Morgan fingerprint density at radius 1 is 1.38 bits per heavy atom. The number of carboxylic acid groups (broad SMARTS) is 1. The second-order valence-corrected chi connectivity index (χ2v) is 2.97. The number of hydrogen-bond donors (Lipinski definition) is 1. The summed E-state index contributed by atoms with van der Waals surface area (Å²) in [5.74, 6) is -1.51. The van der Waals surface area contributed by atoms with E-state index in [-0.39, 0.29) is 6.61 Å². The number of ether oxygens (including phenoxy) is 1. The molecule has 76 valence electrons. The van der Waals surface area contributed by atoms with E-state index in [1.807, 2.05) is 19.0 Å². The first kappa shape index (κ1) is 12.1. The summed E-state index contributed by atoms with van der Waals surface area (Å²) in [7, 11) is 3.78. The molecule has 5 heteroatoms. The van der Waals surface area contributed by atoms with E-state index >= 15 is 0 Å². The molecule has 0 heterocycles. The Morgan fingerprint density at radius 3 is 2.46 bits per heavy atom. The molecule has 0 aromatic heterocycles. The van der Waals surface area contributed by atoms with E-state index in [4.69, 9.17) is 9.84 Å². The molecular weight excluding hydrogens is 174 g/mol. The van der Waals surface area contributed by atoms with Crippen molar-refractivity contribution in [2.45, 2.75) is 6.42 Å². The van der Waals surface area contributed by atoms with Crippen molar-refractivity contribution in [2.24, 2.45) is 0 Å². The zero-order valence-electron chi connectivity index (χ0n) is 7.95. The Labute approximate surface area is 77.3 Å². The van der Waals surface area contributed by atoms with Crippen LogP contribution in [0.15, 0.2) is 0 Å². The minimum absolute atomic E-state index is 0.111. The maximum absolute atomic E-state index is 10.8. The fourth-order valence-corrected chi connectivity index (χ4v) is 0.653. The van der Waals surface area contributed by atoms with Gasteiger partial charge < -0.3 is 14.7 Å². The van der Waals surface area contributed by atoms with E-state index < -0.39 is 18.2 Å². The SMILES string of the molecule is CN(C)CCOCC(=O)CC(=O)O. The quantitative estimate of drug-likeness (QED) is 0.436. The van der Waals surface area contributed by atoms with Gasteiger partial charge in [0, 0.05) is 6.54 Å². The van der Waals surface area contributed by atoms with Gasteiger partial charge in [-0.2, -0.15) is 0 Å². The van der Waals surface area contributed by atoms with Crippen molar-refractivity contribution in [3.8, 4) is 0 Å². The molecule has 1 N–H and O–H groups in total. The highest BCUT2D eigenvalue weighted by Gasteiger charge is 2.07. The lowest BCUT2D eigenvalue weighted by molar-refractivity contribution is -0.141. The fourth-order valence-electron chi connectivity index (χ4n) is 0.653. The molecule has 0 unspecified atom stereocenters. The van der Waals surface area contributed by atoms with Gasteiger partial charge in [-0.3, -0.25) is 9.59 Å². The third-order valence-electron chi connectivity index (χ3n) is 1.29. The van der Waals surface area contributed by atoms with Crippen LogP contribution in [0.1, 0.15) is 6.42 Å². The first-order valence-electron chi connectivity index (χ1n) is 3.98. The summed E-state index contributed by atoms with van der Waals surface area (Å²) in [6.45, 7) is 1.05. The number of Topliss-reactive ketones (excluding diaryl/α,β-unsaturated/α-hetero) is 1. The molecule has 0 aliphatic heterocycles. The summed E-state index contributed by atoms with van der Waals surface area (Å²) < 4.78 is 4.95. The summed E-state index contributed by atoms with van der Waals surface area (Å²) in [6, 6.07) is 0. The predicted octanol–water partition coefficient (Wildman–Crippen LogP) is -0.392. The van der Waals surface area contributed by atoms with Crippen LogP contribution in [0.2, 0.25) is 0 Å². The summed E-state index contributed by atoms with van der Waals surface area (Å²) in [4.78, 5) is 22.8. The molecule has 0 aromatic carbocycles. The van der Waals surface area contributed by atoms with Crippen molar-refractivity contribution in [1.29, 1.82) is 0 Å². The number of carbonyl (C=O) groups is 2. The highest BCUT2D eigenvalue weighted by atomic mass is 16.5. The molecule has 0 radical (unpaired) electrons. The number of ketones is 1. The molecule has 13 heavy (non-hydrogen) atoms. The number of rotatable bonds is 7. The van der Waals surface area contributed by atoms with Crippen molar-refractivity contribution in [1.82, 2.24) is 4.90 Å². The zero-order chi connectivity index (χ0) is 10.3. The lowest BCUT2D eigenvalue weighted by Crippen LogP contribution is -2.21. The van der Waals surface area contributed by atoms with Gasteiger partial charge in [-0.1, -0.05) is 0 Å². The second-order valence-electron chi connectivity index (χ2n) is 2.97. The average molecular weight is 189 g/mol. The molecule has 0 spiro atoms. The summed E-state index contributed by atoms with van der Waals surface area (Å²) in [5, 5.41) is 8.24. The van der Waals surface area contributed by atoms with Gasteiger partial charge in [0.1, 0.15) is 13.0 Å². The largest absolute Gasteiger partial charge is 0.481 e. The Kier molecular flexibility index (Phi) is 6.09. The third kappa shape index (κ3) is 8.97. The lowest BCUT2D eigenvalue weighted by Gasteiger charge is -2.08. The number of carbonyl (C=O) groups excluding carboxylic acids is 1. The Hall–Kier alpha value is -0.940. The van der Waals surface area contributed by atoms with Crippen molar-refractivity contribution in [2.75, 3.05) is 33.9 Å². The topological polar surface area (TPSA) is 66.8 Å². The Bertz CT molecular complexity index is 179. The van der Waals surface area contributed by atoms with Crippen LogP contribution in [0.4, 0.5) is 0 Å². The monoisotopic (exact) mass is 189 g/mol. The molecule has 0 bridgehead atoms. The fraction of sp³-hybridized carbons (Fsp3) is 0.750. The number of aliphatic carboxylic acids is 1. The molecule has 0 saturated heterocycles. The Morgan fingerprint density at radius 2 is 2.00 bits per heavy atom. The molecule has 0 aliphatic rings. The summed E-state index contributed by atoms with van der Waals surface area (Å²) >= 11 is 0. The van der Waals surface area contributed by atoms with Gasteiger partial charge in [0.05, 0.1) is 6.61 Å². The second kappa shape index (κ2) is 6.56. The van der Waals surface area contributed by atoms with E-state index in [2.05, 4.69) is 0 Å². The first-order valence-corrected chi connectivity index (χ1v) is 3.98. The smallest absolute Gasteiger partial charge is 0.310 e. The summed E-state index contributed by atoms with van der Waals surface area (Å²) in [5.41, 5.74) is 0. The first-order chi connectivity index (χ1) is 6.02. The van der Waals surface area contributed by atoms with Crippen LogP contribution in [0.5, 0.6) is 0 Å². The van der Waals surface area contributed by atoms with Crippen LogP contribution < -0.4 is 0 Å². The zero-order valence-corrected chi connectivity index (χ0v) is 7.95. The molecular formula is C8H15NO4. The molecule has 0 atom stereocenters. The van der Waals surface area contributed by atoms with Crippen LogP contribution in [0, 0.1) is 0 Å². The number of carboxylic acids is 1. The predicted molar refractivity (Wildman–Crippen MR) is 46.6 cm³/mol. The molecule has 0 rings (SSSR count). The third-order valence-corrected chi connectivity index (χ3v) is 1.29. The van der Waals surface area contributed by atoms with E-state index in [0.717, 1.165) is 6.54 Å². The van der Waals surface area contributed by atoms with Gasteiger partial charge >= 0.3 is 5.97 Å². The highest BCUT2D eigenvalue weighted by Crippen LogP contribution is 1.86. The Balaban J connectivity index is 3.32. The number of hydrogen-bond acceptors (Lipinski definition) is 4. The average Bonchev–Trinajstić information content (AvgIpc) is 1.96. The van der Waals surface area contributed by atoms with Gasteiger partial charge in [0.2, 0.25) is 0 Å². The van der Waals surface area contributed by atoms with Gasteiger partial charge in [-0.05, 0) is 14.1 Å². The van der Waals surface area contributed by atoms with E-state index in [9.17, 15) is 9.59 Å². The van der Waals surface area contributed by atoms with Crippen LogP contribution in [-0.2, 0) is 14.3 Å². The molecule has 0 aromatic rings. The minimum atomic E-state index is -1.11. The van der Waals surface area contributed by atoms with E-state index in [1.54, 1.807) is 0 Å². The minimum Gasteiger partial charge on any atom is -0.481 e. The van der Waals surface area contributed by atoms with Gasteiger partial charge in [-0.25, -0.2) is 0 Å². The molecule has 0 saturated carbocycles. The molecule has 0 amide bonds. The van der Waals surface area contributed by atoms with Gasteiger partial charge in [-0.15, -0.1) is 0 Å². The number of nitrogens with zero attached hydrogens (tertiary/aromatic N) is 1. The van der Waals surface area contributed by atoms with Gasteiger partial charge in [0.25, 0.3) is 0 Å². The standard InChI is InChI=1S/C8H15NO4/c1-9(2)3-4-13-6-7(10)5-8(11)12/h3-6H2,1-2H3,(H,11,12). The van der Waals surface area contributed by atoms with Crippen LogP contribution >= 0.6 is 0 Å². The maximum Gasteiger partial charge on any atom is 0.310 e. The lowest BCUT2D eigenvalue weighted by atomic mass is 10.3. The van der Waals surface area contributed by atoms with Crippen molar-refractivity contribution in [3.05, 3.63) is 0 Å². The highest BCUT2D eigenvalue weighted by molar-refractivity contribution is 5.95. The van der Waals surface area contributed by atoms with Crippen LogP contribution in [-0.4, -0.2) is 55.6 Å². The number of likely N-dealkylation sites (N-methyl/N-ethyl adjacent to an activating group) is 1. The molecule has 0 aliphatic carbocycles.